The number of rotatable bonds is 4. The third-order valence-corrected chi connectivity index (χ3v) is 7.27. The summed E-state index contributed by atoms with van der Waals surface area (Å²) in [6.07, 6.45) is 3.11. The Hall–Kier alpha value is -1.46. The topological polar surface area (TPSA) is 83.8 Å². The van der Waals surface area contributed by atoms with Gasteiger partial charge >= 0.3 is 5.97 Å². The van der Waals surface area contributed by atoms with Gasteiger partial charge in [0.1, 0.15) is 0 Å². The lowest BCUT2D eigenvalue weighted by atomic mass is 9.45. The van der Waals surface area contributed by atoms with Crippen LogP contribution in [-0.2, 0) is 14.3 Å². The highest BCUT2D eigenvalue weighted by molar-refractivity contribution is 5.92. The van der Waals surface area contributed by atoms with Crippen molar-refractivity contribution in [1.82, 2.24) is 0 Å². The van der Waals surface area contributed by atoms with Gasteiger partial charge in [-0.05, 0) is 50.0 Å². The van der Waals surface area contributed by atoms with Crippen LogP contribution in [0.4, 0.5) is 0 Å². The number of hydrogen-bond donors (Lipinski definition) is 2. The van der Waals surface area contributed by atoms with Crippen molar-refractivity contribution in [2.75, 3.05) is 7.11 Å². The van der Waals surface area contributed by atoms with Gasteiger partial charge in [0.25, 0.3) is 0 Å². The summed E-state index contributed by atoms with van der Waals surface area (Å²) in [7, 11) is 1.35. The van der Waals surface area contributed by atoms with E-state index in [4.69, 9.17) is 0 Å². The highest BCUT2D eigenvalue weighted by atomic mass is 16.5. The van der Waals surface area contributed by atoms with Gasteiger partial charge in [0.15, 0.2) is 5.78 Å². The summed E-state index contributed by atoms with van der Waals surface area (Å²) in [5, 5.41) is 21.6. The SMILES string of the molecule is COC(=O)C=C(C)CCC1(C)C(C)C(O)C(O)C2(C)C(C)=CC(=O)CC12. The summed E-state index contributed by atoms with van der Waals surface area (Å²) < 4.78 is 4.68. The number of aliphatic hydroxyl groups is 2. The van der Waals surface area contributed by atoms with Gasteiger partial charge in [-0.2, -0.15) is 0 Å². The second kappa shape index (κ2) is 7.28. The molecule has 146 valence electrons. The lowest BCUT2D eigenvalue weighted by Crippen LogP contribution is -2.63. The van der Waals surface area contributed by atoms with Gasteiger partial charge in [0.2, 0.25) is 0 Å². The minimum absolute atomic E-state index is 0.0631. The van der Waals surface area contributed by atoms with Crippen molar-refractivity contribution in [2.45, 2.75) is 66.1 Å². The van der Waals surface area contributed by atoms with Crippen molar-refractivity contribution in [3.05, 3.63) is 23.3 Å². The molecular weight excluding hydrogens is 332 g/mol. The fourth-order valence-electron chi connectivity index (χ4n) is 5.04. The Labute approximate surface area is 156 Å². The van der Waals surface area contributed by atoms with Gasteiger partial charge in [-0.15, -0.1) is 0 Å². The third-order valence-electron chi connectivity index (χ3n) is 7.27. The Bertz CT molecular complexity index is 649. The number of carbonyl (C=O) groups is 2. The summed E-state index contributed by atoms with van der Waals surface area (Å²) in [5.74, 6) is -0.530. The van der Waals surface area contributed by atoms with Gasteiger partial charge in [-0.25, -0.2) is 4.79 Å². The van der Waals surface area contributed by atoms with E-state index >= 15 is 0 Å². The molecule has 0 spiro atoms. The van der Waals surface area contributed by atoms with Crippen LogP contribution in [-0.4, -0.2) is 41.3 Å². The smallest absolute Gasteiger partial charge is 0.330 e. The zero-order valence-electron chi connectivity index (χ0n) is 16.7. The minimum Gasteiger partial charge on any atom is -0.466 e. The van der Waals surface area contributed by atoms with Gasteiger partial charge < -0.3 is 14.9 Å². The average molecular weight is 364 g/mol. The second-order valence-corrected chi connectivity index (χ2v) is 8.58. The molecule has 1 saturated carbocycles. The number of ether oxygens (including phenoxy) is 1. The average Bonchev–Trinajstić information content (AvgIpc) is 2.59. The van der Waals surface area contributed by atoms with E-state index in [-0.39, 0.29) is 29.0 Å². The summed E-state index contributed by atoms with van der Waals surface area (Å²) in [6.45, 7) is 9.78. The molecule has 0 aliphatic heterocycles. The normalized spacial score (nSPS) is 40.7. The molecule has 2 rings (SSSR count). The first-order chi connectivity index (χ1) is 12.0. The van der Waals surface area contributed by atoms with Gasteiger partial charge in [-0.1, -0.05) is 31.9 Å². The minimum atomic E-state index is -0.897. The first kappa shape index (κ1) is 20.8. The van der Waals surface area contributed by atoms with E-state index in [1.165, 1.54) is 13.2 Å². The van der Waals surface area contributed by atoms with Gasteiger partial charge in [0.05, 0.1) is 19.3 Å². The fraction of sp³-hybridized carbons (Fsp3) is 0.714. The highest BCUT2D eigenvalue weighted by Gasteiger charge is 2.61. The van der Waals surface area contributed by atoms with E-state index in [1.807, 2.05) is 27.7 Å². The summed E-state index contributed by atoms with van der Waals surface area (Å²) >= 11 is 0. The van der Waals surface area contributed by atoms with E-state index < -0.39 is 17.6 Å². The molecule has 2 aliphatic carbocycles. The zero-order valence-corrected chi connectivity index (χ0v) is 16.7. The predicted octanol–water partition coefficient (Wildman–Crippen LogP) is 2.81. The maximum atomic E-state index is 12.3. The Morgan fingerprint density at radius 2 is 2.00 bits per heavy atom. The van der Waals surface area contributed by atoms with E-state index in [1.54, 1.807) is 6.08 Å². The molecule has 5 heteroatoms. The van der Waals surface area contributed by atoms with Crippen LogP contribution < -0.4 is 0 Å². The maximum absolute atomic E-state index is 12.3. The molecule has 0 radical (unpaired) electrons. The number of aliphatic hydroxyl groups excluding tert-OH is 2. The van der Waals surface area contributed by atoms with Crippen LogP contribution in [0, 0.1) is 22.7 Å². The van der Waals surface area contributed by atoms with E-state index in [0.717, 1.165) is 17.6 Å². The fourth-order valence-corrected chi connectivity index (χ4v) is 5.04. The van der Waals surface area contributed by atoms with Crippen molar-refractivity contribution in [1.29, 1.82) is 0 Å². The molecule has 5 nitrogen and oxygen atoms in total. The summed E-state index contributed by atoms with van der Waals surface area (Å²) in [5.41, 5.74) is 0.769. The molecule has 0 aromatic carbocycles. The van der Waals surface area contributed by atoms with Crippen LogP contribution in [0.25, 0.3) is 0 Å². The number of esters is 1. The number of carbonyl (C=O) groups excluding carboxylic acids is 2. The molecule has 0 aromatic heterocycles. The molecule has 2 N–H and O–H groups in total. The van der Waals surface area contributed by atoms with Crippen LogP contribution in [0.1, 0.15) is 53.9 Å². The number of allylic oxidation sites excluding steroid dienone is 2. The van der Waals surface area contributed by atoms with Crippen molar-refractivity contribution in [3.8, 4) is 0 Å². The lowest BCUT2D eigenvalue weighted by molar-refractivity contribution is -0.191. The number of fused-ring (bicyclic) bond motifs is 1. The van der Waals surface area contributed by atoms with Crippen molar-refractivity contribution in [3.63, 3.8) is 0 Å². The highest BCUT2D eigenvalue weighted by Crippen LogP contribution is 2.61. The predicted molar refractivity (Wildman–Crippen MR) is 99.3 cm³/mol. The third kappa shape index (κ3) is 3.27. The van der Waals surface area contributed by atoms with Crippen LogP contribution in [0.15, 0.2) is 23.3 Å². The standard InChI is InChI=1S/C21H32O5/c1-12(9-17(23)26-6)7-8-20(4)14(3)18(24)19(25)21(5)13(2)10-15(22)11-16(20)21/h9-10,14,16,18-19,24-25H,7-8,11H2,1-6H3. The van der Waals surface area contributed by atoms with Crippen molar-refractivity contribution in [2.24, 2.45) is 22.7 Å². The quantitative estimate of drug-likeness (QED) is 0.592. The van der Waals surface area contributed by atoms with E-state index in [2.05, 4.69) is 11.7 Å². The number of methoxy groups -OCH3 is 1. The molecule has 2 aliphatic rings. The van der Waals surface area contributed by atoms with Crippen LogP contribution in [0.5, 0.6) is 0 Å². The Morgan fingerprint density at radius 1 is 1.38 bits per heavy atom. The summed E-state index contributed by atoms with van der Waals surface area (Å²) in [6, 6.07) is 0. The molecular formula is C21H32O5. The molecule has 0 amide bonds. The Balaban J connectivity index is 2.39. The molecule has 26 heavy (non-hydrogen) atoms. The number of hydrogen-bond acceptors (Lipinski definition) is 5. The Kier molecular flexibility index (Phi) is 5.83. The van der Waals surface area contributed by atoms with Crippen LogP contribution in [0.2, 0.25) is 0 Å². The van der Waals surface area contributed by atoms with Crippen molar-refractivity contribution >= 4 is 11.8 Å². The first-order valence-corrected chi connectivity index (χ1v) is 9.31. The van der Waals surface area contributed by atoms with E-state index in [0.29, 0.717) is 12.8 Å². The summed E-state index contributed by atoms with van der Waals surface area (Å²) in [4.78, 5) is 23.7. The van der Waals surface area contributed by atoms with Crippen molar-refractivity contribution < 1.29 is 24.5 Å². The maximum Gasteiger partial charge on any atom is 0.330 e. The Morgan fingerprint density at radius 3 is 2.58 bits per heavy atom. The molecule has 0 heterocycles. The molecule has 6 unspecified atom stereocenters. The lowest BCUT2D eigenvalue weighted by Gasteiger charge is -2.61. The van der Waals surface area contributed by atoms with Gasteiger partial charge in [0, 0.05) is 17.9 Å². The molecule has 0 bridgehead atoms. The number of ketones is 1. The zero-order chi connectivity index (χ0) is 19.9. The molecule has 1 fully saturated rings. The molecule has 6 atom stereocenters. The van der Waals surface area contributed by atoms with Crippen LogP contribution >= 0.6 is 0 Å². The van der Waals surface area contributed by atoms with Gasteiger partial charge in [-0.3, -0.25) is 4.79 Å². The second-order valence-electron chi connectivity index (χ2n) is 8.58. The molecule has 0 saturated heterocycles. The van der Waals surface area contributed by atoms with Crippen LogP contribution in [0.3, 0.4) is 0 Å². The van der Waals surface area contributed by atoms with E-state index in [9.17, 15) is 19.8 Å². The monoisotopic (exact) mass is 364 g/mol. The largest absolute Gasteiger partial charge is 0.466 e. The molecule has 0 aromatic rings. The first-order valence-electron chi connectivity index (χ1n) is 9.31.